The number of benzene rings is 1. The Kier molecular flexibility index (Phi) is 4.56. The molecule has 0 radical (unpaired) electrons. The Bertz CT molecular complexity index is 430. The summed E-state index contributed by atoms with van der Waals surface area (Å²) in [6.45, 7) is 6.54. The lowest BCUT2D eigenvalue weighted by atomic mass is 10.1. The van der Waals surface area contributed by atoms with Crippen LogP contribution >= 0.6 is 0 Å². The second kappa shape index (κ2) is 6.17. The van der Waals surface area contributed by atoms with E-state index in [4.69, 9.17) is 0 Å². The summed E-state index contributed by atoms with van der Waals surface area (Å²) >= 11 is 0. The van der Waals surface area contributed by atoms with E-state index in [0.717, 1.165) is 13.1 Å². The van der Waals surface area contributed by atoms with Gasteiger partial charge < -0.3 is 10.6 Å². The zero-order valence-corrected chi connectivity index (χ0v) is 11.9. The molecule has 0 spiro atoms. The van der Waals surface area contributed by atoms with E-state index >= 15 is 0 Å². The maximum atomic E-state index is 12.1. The zero-order chi connectivity index (χ0) is 13.8. The molecule has 104 valence electrons. The lowest BCUT2D eigenvalue weighted by Crippen LogP contribution is -2.61. The normalized spacial score (nSPS) is 24.3. The first-order valence-corrected chi connectivity index (χ1v) is 6.84. The molecule has 1 heterocycles. The minimum absolute atomic E-state index is 0.0810. The van der Waals surface area contributed by atoms with Crippen LogP contribution in [0.15, 0.2) is 24.3 Å². The lowest BCUT2D eigenvalue weighted by molar-refractivity contribution is -0.130. The van der Waals surface area contributed by atoms with Gasteiger partial charge in [-0.15, -0.1) is 0 Å². The van der Waals surface area contributed by atoms with E-state index in [0.29, 0.717) is 6.54 Å². The van der Waals surface area contributed by atoms with Crippen LogP contribution in [0.1, 0.15) is 18.1 Å². The van der Waals surface area contributed by atoms with Crippen molar-refractivity contribution >= 4 is 5.91 Å². The summed E-state index contributed by atoms with van der Waals surface area (Å²) in [4.78, 5) is 14.3. The van der Waals surface area contributed by atoms with E-state index in [-0.39, 0.29) is 18.0 Å². The number of aryl methyl sites for hydroxylation is 1. The molecule has 1 saturated heterocycles. The smallest absolute Gasteiger partial charge is 0.238 e. The van der Waals surface area contributed by atoms with Crippen LogP contribution in [0.2, 0.25) is 0 Å². The van der Waals surface area contributed by atoms with Gasteiger partial charge in [0.2, 0.25) is 5.91 Å². The summed E-state index contributed by atoms with van der Waals surface area (Å²) in [7, 11) is 1.88. The van der Waals surface area contributed by atoms with Crippen LogP contribution < -0.4 is 10.6 Å². The van der Waals surface area contributed by atoms with Gasteiger partial charge in [-0.3, -0.25) is 9.69 Å². The number of amides is 1. The fourth-order valence-electron chi connectivity index (χ4n) is 2.55. The molecule has 1 aliphatic heterocycles. The Balaban J connectivity index is 2.10. The van der Waals surface area contributed by atoms with Crippen LogP contribution in [0, 0.1) is 6.92 Å². The minimum Gasteiger partial charge on any atom is -0.351 e. The van der Waals surface area contributed by atoms with E-state index in [1.807, 2.05) is 7.05 Å². The topological polar surface area (TPSA) is 44.4 Å². The molecule has 1 aromatic carbocycles. The van der Waals surface area contributed by atoms with Crippen LogP contribution in [-0.2, 0) is 11.3 Å². The van der Waals surface area contributed by atoms with Gasteiger partial charge >= 0.3 is 0 Å². The lowest BCUT2D eigenvalue weighted by Gasteiger charge is -2.38. The Morgan fingerprint density at radius 1 is 1.37 bits per heavy atom. The highest BCUT2D eigenvalue weighted by Crippen LogP contribution is 2.13. The molecular weight excluding hydrogens is 238 g/mol. The highest BCUT2D eigenvalue weighted by atomic mass is 16.2. The van der Waals surface area contributed by atoms with Crippen molar-refractivity contribution in [3.63, 3.8) is 0 Å². The average molecular weight is 261 g/mol. The van der Waals surface area contributed by atoms with Crippen molar-refractivity contribution < 1.29 is 4.79 Å². The van der Waals surface area contributed by atoms with E-state index in [1.165, 1.54) is 11.1 Å². The van der Waals surface area contributed by atoms with Gasteiger partial charge in [0.1, 0.15) is 6.04 Å². The van der Waals surface area contributed by atoms with Gasteiger partial charge in [0.25, 0.3) is 0 Å². The quantitative estimate of drug-likeness (QED) is 0.846. The highest BCUT2D eigenvalue weighted by Gasteiger charge is 2.31. The van der Waals surface area contributed by atoms with Crippen LogP contribution in [-0.4, -0.2) is 43.0 Å². The van der Waals surface area contributed by atoms with Gasteiger partial charge in [-0.2, -0.15) is 0 Å². The molecule has 1 fully saturated rings. The Morgan fingerprint density at radius 2 is 2.05 bits per heavy atom. The van der Waals surface area contributed by atoms with Gasteiger partial charge in [0.05, 0.1) is 0 Å². The first-order chi connectivity index (χ1) is 9.10. The molecule has 2 unspecified atom stereocenters. The Labute approximate surface area is 115 Å². The third-order valence-corrected chi connectivity index (χ3v) is 3.54. The molecule has 2 atom stereocenters. The van der Waals surface area contributed by atoms with Crippen molar-refractivity contribution in [2.24, 2.45) is 0 Å². The third kappa shape index (κ3) is 3.55. The monoisotopic (exact) mass is 261 g/mol. The molecule has 0 bridgehead atoms. The van der Waals surface area contributed by atoms with E-state index < -0.39 is 0 Å². The first-order valence-electron chi connectivity index (χ1n) is 6.84. The molecule has 0 aliphatic carbocycles. The number of piperazine rings is 1. The summed E-state index contributed by atoms with van der Waals surface area (Å²) in [6.07, 6.45) is 0. The van der Waals surface area contributed by atoms with E-state index in [2.05, 4.69) is 53.6 Å². The van der Waals surface area contributed by atoms with Gasteiger partial charge in [-0.25, -0.2) is 0 Å². The number of hydrogen-bond acceptors (Lipinski definition) is 3. The summed E-state index contributed by atoms with van der Waals surface area (Å²) < 4.78 is 0. The predicted molar refractivity (Wildman–Crippen MR) is 76.9 cm³/mol. The standard InChI is InChI=1S/C15H23N3O/c1-11-4-6-13(7-5-11)10-18-9-12(2)17-15(19)14(18)8-16-3/h4-7,12,14,16H,8-10H2,1-3H3,(H,17,19). The maximum absolute atomic E-state index is 12.1. The van der Waals surface area contributed by atoms with E-state index in [1.54, 1.807) is 0 Å². The van der Waals surface area contributed by atoms with Crippen LogP contribution in [0.4, 0.5) is 0 Å². The second-order valence-electron chi connectivity index (χ2n) is 5.40. The summed E-state index contributed by atoms with van der Waals surface area (Å²) in [5.74, 6) is 0.125. The molecule has 1 amide bonds. The Morgan fingerprint density at radius 3 is 2.68 bits per heavy atom. The van der Waals surface area contributed by atoms with Crippen molar-refractivity contribution in [2.75, 3.05) is 20.1 Å². The molecule has 2 rings (SSSR count). The van der Waals surface area contributed by atoms with Crippen molar-refractivity contribution in [3.8, 4) is 0 Å². The van der Waals surface area contributed by atoms with Gasteiger partial charge in [0, 0.05) is 25.7 Å². The average Bonchev–Trinajstić information content (AvgIpc) is 2.36. The second-order valence-corrected chi connectivity index (χ2v) is 5.40. The number of hydrogen-bond donors (Lipinski definition) is 2. The third-order valence-electron chi connectivity index (χ3n) is 3.54. The highest BCUT2D eigenvalue weighted by molar-refractivity contribution is 5.83. The zero-order valence-electron chi connectivity index (χ0n) is 11.9. The molecule has 0 saturated carbocycles. The summed E-state index contributed by atoms with van der Waals surface area (Å²) in [5.41, 5.74) is 2.52. The van der Waals surface area contributed by atoms with Gasteiger partial charge in [-0.1, -0.05) is 29.8 Å². The number of nitrogens with one attached hydrogen (secondary N) is 2. The molecule has 2 N–H and O–H groups in total. The van der Waals surface area contributed by atoms with Crippen LogP contribution in [0.3, 0.4) is 0 Å². The van der Waals surface area contributed by atoms with Crippen LogP contribution in [0.25, 0.3) is 0 Å². The van der Waals surface area contributed by atoms with Crippen molar-refractivity contribution in [2.45, 2.75) is 32.5 Å². The Hall–Kier alpha value is -1.39. The maximum Gasteiger partial charge on any atom is 0.238 e. The fourth-order valence-corrected chi connectivity index (χ4v) is 2.55. The molecule has 0 aromatic heterocycles. The minimum atomic E-state index is -0.0810. The predicted octanol–water partition coefficient (Wildman–Crippen LogP) is 0.903. The number of nitrogens with zero attached hydrogens (tertiary/aromatic N) is 1. The number of rotatable bonds is 4. The van der Waals surface area contributed by atoms with Crippen molar-refractivity contribution in [1.82, 2.24) is 15.5 Å². The number of carbonyl (C=O) groups excluding carboxylic acids is 1. The number of likely N-dealkylation sites (N-methyl/N-ethyl adjacent to an activating group) is 1. The molecular formula is C15H23N3O. The molecule has 1 aromatic rings. The fraction of sp³-hybridized carbons (Fsp3) is 0.533. The molecule has 1 aliphatic rings. The number of carbonyl (C=O) groups is 1. The SMILES string of the molecule is CNCC1C(=O)NC(C)CN1Cc1ccc(C)cc1. The summed E-state index contributed by atoms with van der Waals surface area (Å²) in [6, 6.07) is 8.66. The molecule has 4 heteroatoms. The first kappa shape index (κ1) is 14.0. The summed E-state index contributed by atoms with van der Waals surface area (Å²) in [5, 5.41) is 6.12. The van der Waals surface area contributed by atoms with Crippen LogP contribution in [0.5, 0.6) is 0 Å². The van der Waals surface area contributed by atoms with E-state index in [9.17, 15) is 4.79 Å². The van der Waals surface area contributed by atoms with Gasteiger partial charge in [0.15, 0.2) is 0 Å². The largest absolute Gasteiger partial charge is 0.351 e. The van der Waals surface area contributed by atoms with Crippen molar-refractivity contribution in [3.05, 3.63) is 35.4 Å². The molecule has 19 heavy (non-hydrogen) atoms. The molecule has 4 nitrogen and oxygen atoms in total. The van der Waals surface area contributed by atoms with Gasteiger partial charge in [-0.05, 0) is 26.5 Å². The van der Waals surface area contributed by atoms with Crippen molar-refractivity contribution in [1.29, 1.82) is 0 Å².